The molecule has 3 nitrogen and oxygen atoms in total. The van der Waals surface area contributed by atoms with Crippen LogP contribution >= 0.6 is 0 Å². The summed E-state index contributed by atoms with van der Waals surface area (Å²) in [6.45, 7) is 4.35. The Labute approximate surface area is 116 Å². The molecule has 0 aromatic heterocycles. The predicted octanol–water partition coefficient (Wildman–Crippen LogP) is 2.57. The zero-order valence-electron chi connectivity index (χ0n) is 11.8. The molecule has 0 saturated heterocycles. The Kier molecular flexibility index (Phi) is 5.40. The fourth-order valence-corrected chi connectivity index (χ4v) is 2.22. The zero-order valence-corrected chi connectivity index (χ0v) is 11.8. The Morgan fingerprint density at radius 2 is 2.05 bits per heavy atom. The third-order valence-corrected chi connectivity index (χ3v) is 3.49. The highest BCUT2D eigenvalue weighted by Gasteiger charge is 2.30. The van der Waals surface area contributed by atoms with Crippen molar-refractivity contribution in [2.45, 2.75) is 45.2 Å². The fourth-order valence-electron chi connectivity index (χ4n) is 2.22. The number of amides is 1. The van der Waals surface area contributed by atoms with Crippen LogP contribution in [-0.2, 0) is 11.3 Å². The molecular weight excluding hydrogens is 236 g/mol. The molecule has 1 amide bonds. The topological polar surface area (TPSA) is 32.3 Å². The summed E-state index contributed by atoms with van der Waals surface area (Å²) >= 11 is 0. The summed E-state index contributed by atoms with van der Waals surface area (Å²) < 4.78 is 0. The molecule has 0 spiro atoms. The van der Waals surface area contributed by atoms with Crippen LogP contribution in [0.5, 0.6) is 0 Å². The lowest BCUT2D eigenvalue weighted by Gasteiger charge is -2.21. The lowest BCUT2D eigenvalue weighted by atomic mass is 10.2. The lowest BCUT2D eigenvalue weighted by Crippen LogP contribution is -2.38. The van der Waals surface area contributed by atoms with E-state index in [2.05, 4.69) is 41.4 Å². The molecule has 0 aliphatic heterocycles. The van der Waals surface area contributed by atoms with Gasteiger partial charge in [-0.2, -0.15) is 0 Å². The number of unbranched alkanes of at least 4 members (excludes halogenated alkanes) is 1. The lowest BCUT2D eigenvalue weighted by molar-refractivity contribution is -0.122. The highest BCUT2D eigenvalue weighted by molar-refractivity contribution is 5.78. The van der Waals surface area contributed by atoms with E-state index in [0.717, 1.165) is 25.9 Å². The molecule has 1 fully saturated rings. The van der Waals surface area contributed by atoms with E-state index < -0.39 is 0 Å². The zero-order chi connectivity index (χ0) is 13.5. The minimum absolute atomic E-state index is 0.163. The average molecular weight is 260 g/mol. The Morgan fingerprint density at radius 1 is 1.32 bits per heavy atom. The van der Waals surface area contributed by atoms with E-state index in [9.17, 15) is 4.79 Å². The van der Waals surface area contributed by atoms with E-state index in [0.29, 0.717) is 12.6 Å². The largest absolute Gasteiger partial charge is 0.355 e. The van der Waals surface area contributed by atoms with Gasteiger partial charge < -0.3 is 5.32 Å². The number of rotatable bonds is 8. The maximum Gasteiger partial charge on any atom is 0.234 e. The summed E-state index contributed by atoms with van der Waals surface area (Å²) in [6, 6.07) is 11.0. The van der Waals surface area contributed by atoms with Crippen molar-refractivity contribution in [1.29, 1.82) is 0 Å². The van der Waals surface area contributed by atoms with Crippen molar-refractivity contribution in [2.75, 3.05) is 13.1 Å². The van der Waals surface area contributed by atoms with Crippen LogP contribution in [0.3, 0.4) is 0 Å². The minimum Gasteiger partial charge on any atom is -0.355 e. The molecule has 0 radical (unpaired) electrons. The molecule has 19 heavy (non-hydrogen) atoms. The predicted molar refractivity (Wildman–Crippen MR) is 77.8 cm³/mol. The van der Waals surface area contributed by atoms with Gasteiger partial charge in [0.2, 0.25) is 5.91 Å². The average Bonchev–Trinajstić information content (AvgIpc) is 3.24. The van der Waals surface area contributed by atoms with Gasteiger partial charge in [-0.05, 0) is 24.8 Å². The van der Waals surface area contributed by atoms with Gasteiger partial charge in [0.25, 0.3) is 0 Å². The van der Waals surface area contributed by atoms with Gasteiger partial charge in [0.15, 0.2) is 0 Å². The fraction of sp³-hybridized carbons (Fsp3) is 0.562. The van der Waals surface area contributed by atoms with Crippen molar-refractivity contribution < 1.29 is 4.79 Å². The SMILES string of the molecule is CCCCNC(=O)CN(Cc1ccccc1)C1CC1. The summed E-state index contributed by atoms with van der Waals surface area (Å²) in [5.74, 6) is 0.163. The number of nitrogens with zero attached hydrogens (tertiary/aromatic N) is 1. The van der Waals surface area contributed by atoms with Crippen LogP contribution in [0.1, 0.15) is 38.2 Å². The van der Waals surface area contributed by atoms with Crippen molar-refractivity contribution in [3.63, 3.8) is 0 Å². The van der Waals surface area contributed by atoms with Gasteiger partial charge in [-0.15, -0.1) is 0 Å². The van der Waals surface area contributed by atoms with E-state index in [-0.39, 0.29) is 5.91 Å². The third-order valence-electron chi connectivity index (χ3n) is 3.49. The molecule has 1 saturated carbocycles. The van der Waals surface area contributed by atoms with Crippen LogP contribution in [-0.4, -0.2) is 29.9 Å². The number of nitrogens with one attached hydrogen (secondary N) is 1. The highest BCUT2D eigenvalue weighted by atomic mass is 16.2. The monoisotopic (exact) mass is 260 g/mol. The van der Waals surface area contributed by atoms with Crippen LogP contribution in [0.4, 0.5) is 0 Å². The summed E-state index contributed by atoms with van der Waals surface area (Å²) in [5, 5.41) is 3.00. The second-order valence-corrected chi connectivity index (χ2v) is 5.33. The van der Waals surface area contributed by atoms with Crippen molar-refractivity contribution in [3.8, 4) is 0 Å². The van der Waals surface area contributed by atoms with Gasteiger partial charge >= 0.3 is 0 Å². The first-order valence-corrected chi connectivity index (χ1v) is 7.34. The number of hydrogen-bond acceptors (Lipinski definition) is 2. The van der Waals surface area contributed by atoms with Crippen LogP contribution in [0.2, 0.25) is 0 Å². The van der Waals surface area contributed by atoms with Gasteiger partial charge in [0, 0.05) is 19.1 Å². The molecule has 1 aliphatic rings. The molecular formula is C16H24N2O. The molecule has 2 rings (SSSR count). The van der Waals surface area contributed by atoms with Gasteiger partial charge in [0.1, 0.15) is 0 Å². The third kappa shape index (κ3) is 5.03. The maximum absolute atomic E-state index is 11.9. The molecule has 0 unspecified atom stereocenters. The molecule has 1 aromatic rings. The number of benzene rings is 1. The summed E-state index contributed by atoms with van der Waals surface area (Å²) in [5.41, 5.74) is 1.29. The van der Waals surface area contributed by atoms with Gasteiger partial charge in [0.05, 0.1) is 6.54 Å². The van der Waals surface area contributed by atoms with Gasteiger partial charge in [-0.25, -0.2) is 0 Å². The normalized spacial score (nSPS) is 14.6. The first-order chi connectivity index (χ1) is 9.29. The first-order valence-electron chi connectivity index (χ1n) is 7.34. The molecule has 0 heterocycles. The number of carbonyl (C=O) groups excluding carboxylic acids is 1. The van der Waals surface area contributed by atoms with Crippen molar-refractivity contribution in [2.24, 2.45) is 0 Å². The van der Waals surface area contributed by atoms with Crippen LogP contribution in [0, 0.1) is 0 Å². The van der Waals surface area contributed by atoms with Crippen LogP contribution < -0.4 is 5.32 Å². The van der Waals surface area contributed by atoms with E-state index in [1.165, 1.54) is 18.4 Å². The number of carbonyl (C=O) groups is 1. The van der Waals surface area contributed by atoms with Crippen molar-refractivity contribution in [1.82, 2.24) is 10.2 Å². The Balaban J connectivity index is 1.81. The Hall–Kier alpha value is -1.35. The molecule has 0 atom stereocenters. The smallest absolute Gasteiger partial charge is 0.234 e. The molecule has 1 N–H and O–H groups in total. The Morgan fingerprint density at radius 3 is 2.68 bits per heavy atom. The minimum atomic E-state index is 0.163. The maximum atomic E-state index is 11.9. The Bertz CT molecular complexity index is 387. The second kappa shape index (κ2) is 7.29. The standard InChI is InChI=1S/C16H24N2O/c1-2-3-11-17-16(19)13-18(15-9-10-15)12-14-7-5-4-6-8-14/h4-8,15H,2-3,9-13H2,1H3,(H,17,19). The summed E-state index contributed by atoms with van der Waals surface area (Å²) in [6.07, 6.45) is 4.65. The second-order valence-electron chi connectivity index (χ2n) is 5.33. The molecule has 1 aliphatic carbocycles. The van der Waals surface area contributed by atoms with Gasteiger partial charge in [-0.3, -0.25) is 9.69 Å². The first kappa shape index (κ1) is 14.1. The molecule has 1 aromatic carbocycles. The van der Waals surface area contributed by atoms with Crippen LogP contribution in [0.15, 0.2) is 30.3 Å². The molecule has 0 bridgehead atoms. The van der Waals surface area contributed by atoms with E-state index in [1.54, 1.807) is 0 Å². The highest BCUT2D eigenvalue weighted by Crippen LogP contribution is 2.27. The van der Waals surface area contributed by atoms with Crippen molar-refractivity contribution in [3.05, 3.63) is 35.9 Å². The van der Waals surface area contributed by atoms with Crippen LogP contribution in [0.25, 0.3) is 0 Å². The summed E-state index contributed by atoms with van der Waals surface area (Å²) in [4.78, 5) is 14.2. The molecule has 104 valence electrons. The van der Waals surface area contributed by atoms with Gasteiger partial charge in [-0.1, -0.05) is 43.7 Å². The molecule has 3 heteroatoms. The van der Waals surface area contributed by atoms with E-state index >= 15 is 0 Å². The summed E-state index contributed by atoms with van der Waals surface area (Å²) in [7, 11) is 0. The quantitative estimate of drug-likeness (QED) is 0.729. The van der Waals surface area contributed by atoms with E-state index in [1.807, 2.05) is 6.07 Å². The van der Waals surface area contributed by atoms with Crippen molar-refractivity contribution >= 4 is 5.91 Å². The van der Waals surface area contributed by atoms with E-state index in [4.69, 9.17) is 0 Å². The number of hydrogen-bond donors (Lipinski definition) is 1.